The van der Waals surface area contributed by atoms with Crippen molar-refractivity contribution in [3.63, 3.8) is 0 Å². The minimum atomic E-state index is 0.0134. The van der Waals surface area contributed by atoms with Crippen LogP contribution in [-0.4, -0.2) is 33.3 Å². The van der Waals surface area contributed by atoms with Crippen molar-refractivity contribution in [1.82, 2.24) is 25.5 Å². The molecule has 0 aliphatic rings. The molecule has 1 aromatic heterocycles. The highest BCUT2D eigenvalue weighted by atomic mass is 15.6. The van der Waals surface area contributed by atoms with Crippen LogP contribution >= 0.6 is 0 Å². The maximum Gasteiger partial charge on any atom is 0.175 e. The van der Waals surface area contributed by atoms with Gasteiger partial charge in [-0.05, 0) is 30.2 Å². The SMILES string of the molecule is CCCNCC(CC)(Cc1nnn(C)n1)c1ccccc1. The molecule has 0 amide bonds. The van der Waals surface area contributed by atoms with Gasteiger partial charge < -0.3 is 5.32 Å². The standard InChI is InChI=1S/C16H25N5/c1-4-11-17-13-16(5-2,14-9-7-6-8-10-14)12-15-18-20-21(3)19-15/h6-10,17H,4-5,11-13H2,1-3H3. The Bertz CT molecular complexity index is 537. The highest BCUT2D eigenvalue weighted by Crippen LogP contribution is 2.30. The highest BCUT2D eigenvalue weighted by molar-refractivity contribution is 5.27. The van der Waals surface area contributed by atoms with E-state index in [1.807, 2.05) is 7.05 Å². The maximum absolute atomic E-state index is 4.36. The third-order valence-corrected chi connectivity index (χ3v) is 4.00. The van der Waals surface area contributed by atoms with Crippen molar-refractivity contribution < 1.29 is 0 Å². The minimum absolute atomic E-state index is 0.0134. The monoisotopic (exact) mass is 287 g/mol. The van der Waals surface area contributed by atoms with Crippen molar-refractivity contribution in [2.45, 2.75) is 38.5 Å². The lowest BCUT2D eigenvalue weighted by molar-refractivity contribution is 0.370. The van der Waals surface area contributed by atoms with Gasteiger partial charge in [0.2, 0.25) is 0 Å². The zero-order valence-electron chi connectivity index (χ0n) is 13.2. The molecule has 1 unspecified atom stereocenters. The zero-order chi connectivity index (χ0) is 15.1. The molecule has 2 rings (SSSR count). The Hall–Kier alpha value is -1.75. The summed E-state index contributed by atoms with van der Waals surface area (Å²) in [5, 5.41) is 16.1. The van der Waals surface area contributed by atoms with Crippen molar-refractivity contribution in [2.24, 2.45) is 7.05 Å². The van der Waals surface area contributed by atoms with Crippen LogP contribution in [-0.2, 0) is 18.9 Å². The predicted molar refractivity (Wildman–Crippen MR) is 84.1 cm³/mol. The molecule has 114 valence electrons. The van der Waals surface area contributed by atoms with E-state index in [0.717, 1.165) is 38.2 Å². The molecule has 21 heavy (non-hydrogen) atoms. The summed E-state index contributed by atoms with van der Waals surface area (Å²) in [6.07, 6.45) is 2.97. The summed E-state index contributed by atoms with van der Waals surface area (Å²) in [6, 6.07) is 10.7. The van der Waals surface area contributed by atoms with E-state index in [0.29, 0.717) is 0 Å². The summed E-state index contributed by atoms with van der Waals surface area (Å²) < 4.78 is 0. The molecule has 5 nitrogen and oxygen atoms in total. The van der Waals surface area contributed by atoms with Crippen LogP contribution in [0.5, 0.6) is 0 Å². The molecule has 0 spiro atoms. The van der Waals surface area contributed by atoms with Crippen LogP contribution in [0.2, 0.25) is 0 Å². The van der Waals surface area contributed by atoms with Gasteiger partial charge in [0.05, 0.1) is 7.05 Å². The van der Waals surface area contributed by atoms with Gasteiger partial charge in [0, 0.05) is 18.4 Å². The smallest absolute Gasteiger partial charge is 0.175 e. The second-order valence-electron chi connectivity index (χ2n) is 5.55. The number of nitrogens with one attached hydrogen (secondary N) is 1. The molecule has 0 radical (unpaired) electrons. The van der Waals surface area contributed by atoms with Crippen molar-refractivity contribution in [2.75, 3.05) is 13.1 Å². The van der Waals surface area contributed by atoms with Crippen LogP contribution in [0, 0.1) is 0 Å². The van der Waals surface area contributed by atoms with Gasteiger partial charge in [-0.15, -0.1) is 10.2 Å². The lowest BCUT2D eigenvalue weighted by Crippen LogP contribution is -2.40. The highest BCUT2D eigenvalue weighted by Gasteiger charge is 2.32. The first-order valence-corrected chi connectivity index (χ1v) is 7.69. The van der Waals surface area contributed by atoms with Gasteiger partial charge in [-0.25, -0.2) is 0 Å². The lowest BCUT2D eigenvalue weighted by Gasteiger charge is -2.33. The number of hydrogen-bond acceptors (Lipinski definition) is 4. The van der Waals surface area contributed by atoms with Crippen molar-refractivity contribution in [1.29, 1.82) is 0 Å². The Kier molecular flexibility index (Phi) is 5.44. The van der Waals surface area contributed by atoms with E-state index in [9.17, 15) is 0 Å². The van der Waals surface area contributed by atoms with Gasteiger partial charge in [0.15, 0.2) is 5.82 Å². The second kappa shape index (κ2) is 7.31. The van der Waals surface area contributed by atoms with E-state index >= 15 is 0 Å². The van der Waals surface area contributed by atoms with Gasteiger partial charge in [-0.2, -0.15) is 4.80 Å². The number of hydrogen-bond donors (Lipinski definition) is 1. The van der Waals surface area contributed by atoms with E-state index in [1.165, 1.54) is 10.4 Å². The second-order valence-corrected chi connectivity index (χ2v) is 5.55. The molecule has 0 bridgehead atoms. The van der Waals surface area contributed by atoms with E-state index in [1.54, 1.807) is 0 Å². The summed E-state index contributed by atoms with van der Waals surface area (Å²) in [7, 11) is 1.81. The summed E-state index contributed by atoms with van der Waals surface area (Å²) in [5.74, 6) is 0.807. The van der Waals surface area contributed by atoms with Crippen LogP contribution in [0.3, 0.4) is 0 Å². The van der Waals surface area contributed by atoms with Crippen molar-refractivity contribution in [3.8, 4) is 0 Å². The van der Waals surface area contributed by atoms with E-state index in [4.69, 9.17) is 0 Å². The van der Waals surface area contributed by atoms with Crippen molar-refractivity contribution in [3.05, 3.63) is 41.7 Å². The molecule has 0 aliphatic carbocycles. The first-order chi connectivity index (χ1) is 10.2. The number of tetrazole rings is 1. The quantitative estimate of drug-likeness (QED) is 0.755. The predicted octanol–water partition coefficient (Wildman–Crippen LogP) is 2.10. The van der Waals surface area contributed by atoms with Crippen molar-refractivity contribution >= 4 is 0 Å². The third-order valence-electron chi connectivity index (χ3n) is 4.00. The number of aromatic nitrogens is 4. The van der Waals surface area contributed by atoms with Crippen LogP contribution in [0.4, 0.5) is 0 Å². The normalized spacial score (nSPS) is 14.0. The van der Waals surface area contributed by atoms with E-state index < -0.39 is 0 Å². The largest absolute Gasteiger partial charge is 0.316 e. The number of nitrogens with zero attached hydrogens (tertiary/aromatic N) is 4. The summed E-state index contributed by atoms with van der Waals surface area (Å²) in [5.41, 5.74) is 1.35. The summed E-state index contributed by atoms with van der Waals surface area (Å²) in [6.45, 7) is 6.38. The Balaban J connectivity index is 2.27. The maximum atomic E-state index is 4.36. The summed E-state index contributed by atoms with van der Waals surface area (Å²) >= 11 is 0. The molecule has 5 heteroatoms. The molecule has 1 atom stereocenters. The Labute approximate surface area is 126 Å². The molecule has 1 N–H and O–H groups in total. The number of benzene rings is 1. The molecule has 1 aromatic carbocycles. The lowest BCUT2D eigenvalue weighted by atomic mass is 9.75. The van der Waals surface area contributed by atoms with Gasteiger partial charge >= 0.3 is 0 Å². The molecular formula is C16H25N5. The third kappa shape index (κ3) is 3.88. The van der Waals surface area contributed by atoms with Gasteiger partial charge in [0.25, 0.3) is 0 Å². The van der Waals surface area contributed by atoms with Gasteiger partial charge in [-0.3, -0.25) is 0 Å². The van der Waals surface area contributed by atoms with Crippen LogP contribution in [0.1, 0.15) is 38.1 Å². The molecule has 0 fully saturated rings. The van der Waals surface area contributed by atoms with E-state index in [-0.39, 0.29) is 5.41 Å². The molecule has 0 saturated heterocycles. The Morgan fingerprint density at radius 3 is 2.52 bits per heavy atom. The first-order valence-electron chi connectivity index (χ1n) is 7.69. The Morgan fingerprint density at radius 2 is 1.95 bits per heavy atom. The number of aryl methyl sites for hydroxylation is 1. The fraction of sp³-hybridized carbons (Fsp3) is 0.562. The van der Waals surface area contributed by atoms with Crippen LogP contribution in [0.15, 0.2) is 30.3 Å². The average Bonchev–Trinajstić information content (AvgIpc) is 2.92. The zero-order valence-corrected chi connectivity index (χ0v) is 13.2. The van der Waals surface area contributed by atoms with E-state index in [2.05, 4.69) is 64.9 Å². The first kappa shape index (κ1) is 15.6. The topological polar surface area (TPSA) is 55.6 Å². The van der Waals surface area contributed by atoms with Crippen LogP contribution < -0.4 is 5.32 Å². The molecule has 1 heterocycles. The molecule has 0 saturated carbocycles. The molecule has 0 aliphatic heterocycles. The average molecular weight is 287 g/mol. The molecule has 2 aromatic rings. The van der Waals surface area contributed by atoms with Gasteiger partial charge in [0.1, 0.15) is 0 Å². The molecular weight excluding hydrogens is 262 g/mol. The minimum Gasteiger partial charge on any atom is -0.316 e. The summed E-state index contributed by atoms with van der Waals surface area (Å²) in [4.78, 5) is 1.53. The fourth-order valence-corrected chi connectivity index (χ4v) is 2.71. The van der Waals surface area contributed by atoms with Crippen LogP contribution in [0.25, 0.3) is 0 Å². The van der Waals surface area contributed by atoms with Gasteiger partial charge in [-0.1, -0.05) is 44.2 Å². The Morgan fingerprint density at radius 1 is 1.19 bits per heavy atom. The fourth-order valence-electron chi connectivity index (χ4n) is 2.71. The number of rotatable bonds is 8.